The average Bonchev–Trinajstić information content (AvgIpc) is 2.31. The molecular formula is C10H8F4INO3. The molecule has 0 aromatic carbocycles. The number of rotatable bonds is 4. The number of pyridine rings is 1. The first kappa shape index (κ1) is 15.9. The lowest BCUT2D eigenvalue weighted by molar-refractivity contribution is -0.275. The van der Waals surface area contributed by atoms with Gasteiger partial charge in [-0.05, 0) is 22.6 Å². The van der Waals surface area contributed by atoms with Crippen molar-refractivity contribution in [2.24, 2.45) is 0 Å². The Hall–Kier alpha value is -1.13. The van der Waals surface area contributed by atoms with Crippen molar-refractivity contribution in [2.75, 3.05) is 7.11 Å². The van der Waals surface area contributed by atoms with E-state index in [1.807, 2.05) is 0 Å². The summed E-state index contributed by atoms with van der Waals surface area (Å²) in [5.74, 6) is -1.29. The highest BCUT2D eigenvalue weighted by Crippen LogP contribution is 2.30. The lowest BCUT2D eigenvalue weighted by Gasteiger charge is -2.13. The Morgan fingerprint density at radius 2 is 2.11 bits per heavy atom. The first-order valence-electron chi connectivity index (χ1n) is 4.83. The molecule has 1 aromatic rings. The standard InChI is InChI=1S/C10H8F4INO3/c1-18-8(17)3-5-2-7(19-10(12,13)14)9(15)6(4-11)16-5/h2H,3-4H2,1H3. The van der Waals surface area contributed by atoms with E-state index in [9.17, 15) is 22.4 Å². The summed E-state index contributed by atoms with van der Waals surface area (Å²) >= 11 is 1.50. The predicted octanol–water partition coefficient (Wildman–Crippen LogP) is 2.77. The van der Waals surface area contributed by atoms with Gasteiger partial charge in [-0.2, -0.15) is 0 Å². The number of hydrogen-bond donors (Lipinski definition) is 0. The molecule has 0 atom stereocenters. The first-order valence-corrected chi connectivity index (χ1v) is 5.91. The van der Waals surface area contributed by atoms with Gasteiger partial charge in [-0.25, -0.2) is 4.39 Å². The molecule has 19 heavy (non-hydrogen) atoms. The third kappa shape index (κ3) is 4.80. The van der Waals surface area contributed by atoms with Crippen molar-refractivity contribution in [3.05, 3.63) is 21.0 Å². The Morgan fingerprint density at radius 3 is 2.58 bits per heavy atom. The van der Waals surface area contributed by atoms with Crippen LogP contribution >= 0.6 is 22.6 Å². The van der Waals surface area contributed by atoms with E-state index in [1.165, 1.54) is 22.6 Å². The van der Waals surface area contributed by atoms with Crippen LogP contribution in [0.2, 0.25) is 0 Å². The first-order chi connectivity index (χ1) is 8.76. The van der Waals surface area contributed by atoms with E-state index in [0.29, 0.717) is 0 Å². The van der Waals surface area contributed by atoms with E-state index < -0.39 is 24.8 Å². The number of hydrogen-bond acceptors (Lipinski definition) is 4. The molecule has 0 spiro atoms. The van der Waals surface area contributed by atoms with Crippen LogP contribution in [0.25, 0.3) is 0 Å². The summed E-state index contributed by atoms with van der Waals surface area (Å²) in [4.78, 5) is 14.8. The van der Waals surface area contributed by atoms with Gasteiger partial charge in [0.2, 0.25) is 0 Å². The Labute approximate surface area is 119 Å². The Morgan fingerprint density at radius 1 is 1.47 bits per heavy atom. The molecular weight excluding hydrogens is 385 g/mol. The summed E-state index contributed by atoms with van der Waals surface area (Å²) in [6.07, 6.45) is -5.27. The normalized spacial score (nSPS) is 11.3. The molecule has 0 aliphatic heterocycles. The number of esters is 1. The molecule has 0 saturated carbocycles. The van der Waals surface area contributed by atoms with E-state index in [-0.39, 0.29) is 21.4 Å². The molecule has 0 unspecified atom stereocenters. The van der Waals surface area contributed by atoms with Gasteiger partial charge in [-0.15, -0.1) is 13.2 Å². The summed E-state index contributed by atoms with van der Waals surface area (Å²) in [5, 5.41) is 0. The van der Waals surface area contributed by atoms with Crippen LogP contribution < -0.4 is 4.74 Å². The van der Waals surface area contributed by atoms with Gasteiger partial charge in [0.25, 0.3) is 0 Å². The highest BCUT2D eigenvalue weighted by atomic mass is 127. The third-order valence-electron chi connectivity index (χ3n) is 1.95. The fourth-order valence-electron chi connectivity index (χ4n) is 1.21. The Bertz CT molecular complexity index is 479. The number of methoxy groups -OCH3 is 1. The number of nitrogens with zero attached hydrogens (tertiary/aromatic N) is 1. The fraction of sp³-hybridized carbons (Fsp3) is 0.400. The second-order valence-electron chi connectivity index (χ2n) is 3.31. The van der Waals surface area contributed by atoms with E-state index in [2.05, 4.69) is 14.5 Å². The lowest BCUT2D eigenvalue weighted by Crippen LogP contribution is -2.19. The number of carbonyl (C=O) groups is 1. The molecule has 9 heteroatoms. The maximum Gasteiger partial charge on any atom is 0.573 e. The lowest BCUT2D eigenvalue weighted by atomic mass is 10.2. The summed E-state index contributed by atoms with van der Waals surface area (Å²) in [6.45, 7) is -1.07. The largest absolute Gasteiger partial charge is 0.573 e. The number of halogens is 5. The summed E-state index contributed by atoms with van der Waals surface area (Å²) in [6, 6.07) is 0.936. The van der Waals surface area contributed by atoms with Crippen LogP contribution in [0.3, 0.4) is 0 Å². The summed E-state index contributed by atoms with van der Waals surface area (Å²) in [5.41, 5.74) is -0.277. The van der Waals surface area contributed by atoms with Crippen molar-refractivity contribution in [2.45, 2.75) is 19.5 Å². The minimum Gasteiger partial charge on any atom is -0.469 e. The van der Waals surface area contributed by atoms with E-state index in [0.717, 1.165) is 13.2 Å². The van der Waals surface area contributed by atoms with Crippen LogP contribution in [-0.2, 0) is 22.6 Å². The summed E-state index contributed by atoms with van der Waals surface area (Å²) < 4.78 is 57.3. The van der Waals surface area contributed by atoms with E-state index in [4.69, 9.17) is 0 Å². The highest BCUT2D eigenvalue weighted by Gasteiger charge is 2.33. The van der Waals surface area contributed by atoms with Crippen molar-refractivity contribution in [1.29, 1.82) is 0 Å². The van der Waals surface area contributed by atoms with Crippen LogP contribution in [0.5, 0.6) is 5.75 Å². The molecule has 0 aliphatic carbocycles. The van der Waals surface area contributed by atoms with Gasteiger partial charge in [-0.1, -0.05) is 0 Å². The van der Waals surface area contributed by atoms with Crippen LogP contribution in [-0.4, -0.2) is 24.4 Å². The zero-order valence-corrected chi connectivity index (χ0v) is 11.7. The van der Waals surface area contributed by atoms with Gasteiger partial charge in [0.05, 0.1) is 28.5 Å². The monoisotopic (exact) mass is 393 g/mol. The molecule has 1 heterocycles. The van der Waals surface area contributed by atoms with Gasteiger partial charge in [0.15, 0.2) is 0 Å². The van der Waals surface area contributed by atoms with Gasteiger partial charge in [0.1, 0.15) is 12.4 Å². The summed E-state index contributed by atoms with van der Waals surface area (Å²) in [7, 11) is 1.12. The van der Waals surface area contributed by atoms with Crippen molar-refractivity contribution >= 4 is 28.6 Å². The molecule has 0 amide bonds. The van der Waals surface area contributed by atoms with Crippen molar-refractivity contribution in [1.82, 2.24) is 4.98 Å². The molecule has 0 radical (unpaired) electrons. The van der Waals surface area contributed by atoms with Crippen LogP contribution in [0.1, 0.15) is 11.4 Å². The quantitative estimate of drug-likeness (QED) is 0.449. The van der Waals surface area contributed by atoms with Crippen molar-refractivity contribution in [3.8, 4) is 5.75 Å². The predicted molar refractivity (Wildman–Crippen MR) is 64.2 cm³/mol. The molecule has 0 fully saturated rings. The smallest absolute Gasteiger partial charge is 0.469 e. The maximum absolute atomic E-state index is 12.7. The van der Waals surface area contributed by atoms with Crippen molar-refractivity contribution < 1.29 is 31.8 Å². The average molecular weight is 393 g/mol. The molecule has 1 aromatic heterocycles. The Kier molecular flexibility index (Phi) is 5.32. The van der Waals surface area contributed by atoms with Gasteiger partial charge in [-0.3, -0.25) is 9.78 Å². The molecule has 106 valence electrons. The minimum absolute atomic E-state index is 0.0563. The fourth-order valence-corrected chi connectivity index (χ4v) is 1.74. The van der Waals surface area contributed by atoms with Gasteiger partial charge >= 0.3 is 12.3 Å². The number of aromatic nitrogens is 1. The molecule has 4 nitrogen and oxygen atoms in total. The second kappa shape index (κ2) is 6.35. The SMILES string of the molecule is COC(=O)Cc1cc(OC(F)(F)F)c(I)c(CF)n1. The van der Waals surface area contributed by atoms with Gasteiger partial charge < -0.3 is 9.47 Å². The van der Waals surface area contributed by atoms with Crippen LogP contribution in [0.4, 0.5) is 17.6 Å². The van der Waals surface area contributed by atoms with E-state index >= 15 is 0 Å². The maximum atomic E-state index is 12.7. The number of alkyl halides is 4. The molecule has 0 N–H and O–H groups in total. The topological polar surface area (TPSA) is 48.4 Å². The Balaban J connectivity index is 3.14. The van der Waals surface area contributed by atoms with Crippen LogP contribution in [0, 0.1) is 3.57 Å². The zero-order chi connectivity index (χ0) is 14.6. The molecule has 1 rings (SSSR count). The van der Waals surface area contributed by atoms with Crippen LogP contribution in [0.15, 0.2) is 6.07 Å². The molecule has 0 bridgehead atoms. The van der Waals surface area contributed by atoms with Crippen molar-refractivity contribution in [3.63, 3.8) is 0 Å². The highest BCUT2D eigenvalue weighted by molar-refractivity contribution is 14.1. The molecule has 0 saturated heterocycles. The minimum atomic E-state index is -4.91. The number of carbonyl (C=O) groups excluding carboxylic acids is 1. The zero-order valence-electron chi connectivity index (χ0n) is 9.55. The molecule has 0 aliphatic rings. The third-order valence-corrected chi connectivity index (χ3v) is 3.11. The van der Waals surface area contributed by atoms with E-state index in [1.54, 1.807) is 0 Å². The van der Waals surface area contributed by atoms with Gasteiger partial charge in [0, 0.05) is 6.07 Å². The number of ether oxygens (including phenoxy) is 2. The second-order valence-corrected chi connectivity index (χ2v) is 4.39.